The highest BCUT2D eigenvalue weighted by molar-refractivity contribution is 6.74. The predicted molar refractivity (Wildman–Crippen MR) is 157 cm³/mol. The van der Waals surface area contributed by atoms with Gasteiger partial charge >= 0.3 is 5.97 Å². The average Bonchev–Trinajstić information content (AvgIpc) is 3.15. The number of hydrogen-bond donors (Lipinski definition) is 0. The van der Waals surface area contributed by atoms with Crippen LogP contribution in [0.1, 0.15) is 120 Å². The third-order valence-electron chi connectivity index (χ3n) is 13.4. The molecule has 0 amide bonds. The fourth-order valence-electron chi connectivity index (χ4n) is 10.4. The Hall–Kier alpha value is -0.353. The van der Waals surface area contributed by atoms with Crippen LogP contribution in [0, 0.1) is 52.3 Å². The molecule has 4 rings (SSSR count). The molecule has 214 valence electrons. The number of fused-ring (bicyclic) bond motifs is 5. The van der Waals surface area contributed by atoms with Crippen LogP contribution in [0.25, 0.3) is 0 Å². The molecule has 0 radical (unpaired) electrons. The topological polar surface area (TPSA) is 35.5 Å². The lowest BCUT2D eigenvalue weighted by molar-refractivity contribution is -0.198. The summed E-state index contributed by atoms with van der Waals surface area (Å²) in [4.78, 5) is 11.9. The standard InChI is InChI=1S/C33H60O3Si/c1-22-16-18-32(7)27-17-19-31(6)25(23(2)12-15-29(34)35-9)13-14-26(31)24(27)21-33(8,28(32)20-22)36-37(10,11)30(3,4)5/h22-28H,12-21H2,1-11H3/t22-,23?,24?,25?,26?,27?,28-,31-,32-,33+/m1/s1. The Labute approximate surface area is 230 Å². The highest BCUT2D eigenvalue weighted by Crippen LogP contribution is 2.71. The van der Waals surface area contributed by atoms with Gasteiger partial charge in [0.05, 0.1) is 12.7 Å². The van der Waals surface area contributed by atoms with Crippen molar-refractivity contribution in [3.05, 3.63) is 0 Å². The zero-order chi connectivity index (χ0) is 27.6. The third kappa shape index (κ3) is 5.02. The van der Waals surface area contributed by atoms with E-state index >= 15 is 0 Å². The van der Waals surface area contributed by atoms with Crippen molar-refractivity contribution in [1.82, 2.24) is 0 Å². The second-order valence-corrected chi connectivity index (χ2v) is 21.2. The van der Waals surface area contributed by atoms with Gasteiger partial charge in [-0.25, -0.2) is 0 Å². The lowest BCUT2D eigenvalue weighted by atomic mass is 9.41. The van der Waals surface area contributed by atoms with Gasteiger partial charge in [-0.3, -0.25) is 4.79 Å². The number of ether oxygens (including phenoxy) is 1. The summed E-state index contributed by atoms with van der Waals surface area (Å²) >= 11 is 0. The Kier molecular flexibility index (Phi) is 7.95. The molecule has 0 N–H and O–H groups in total. The van der Waals surface area contributed by atoms with Crippen molar-refractivity contribution in [3.63, 3.8) is 0 Å². The minimum atomic E-state index is -1.91. The molecule has 5 unspecified atom stereocenters. The van der Waals surface area contributed by atoms with Crippen molar-refractivity contribution in [3.8, 4) is 0 Å². The van der Waals surface area contributed by atoms with Gasteiger partial charge in [-0.05, 0) is 129 Å². The maximum absolute atomic E-state index is 11.9. The van der Waals surface area contributed by atoms with Crippen LogP contribution in [0.2, 0.25) is 18.1 Å². The maximum atomic E-state index is 11.9. The minimum Gasteiger partial charge on any atom is -0.469 e. The van der Waals surface area contributed by atoms with E-state index in [-0.39, 0.29) is 16.6 Å². The lowest BCUT2D eigenvalue weighted by Crippen LogP contribution is -2.65. The molecule has 0 aliphatic heterocycles. The molecule has 0 saturated heterocycles. The van der Waals surface area contributed by atoms with Gasteiger partial charge in [-0.2, -0.15) is 0 Å². The highest BCUT2D eigenvalue weighted by Gasteiger charge is 2.66. The Morgan fingerprint density at radius 1 is 1.00 bits per heavy atom. The lowest BCUT2D eigenvalue weighted by Gasteiger charge is -2.67. The maximum Gasteiger partial charge on any atom is 0.305 e. The summed E-state index contributed by atoms with van der Waals surface area (Å²) in [5, 5.41) is 0.234. The molecule has 37 heavy (non-hydrogen) atoms. The first-order chi connectivity index (χ1) is 17.0. The first-order valence-electron chi connectivity index (χ1n) is 15.8. The molecule has 4 aliphatic carbocycles. The van der Waals surface area contributed by atoms with Crippen LogP contribution in [0.4, 0.5) is 0 Å². The predicted octanol–water partition coefficient (Wildman–Crippen LogP) is 9.26. The van der Waals surface area contributed by atoms with Gasteiger partial charge in [-0.1, -0.05) is 54.9 Å². The quantitative estimate of drug-likeness (QED) is 0.252. The third-order valence-corrected chi connectivity index (χ3v) is 17.9. The van der Waals surface area contributed by atoms with Crippen LogP contribution < -0.4 is 0 Å². The molecule has 4 saturated carbocycles. The summed E-state index contributed by atoms with van der Waals surface area (Å²) < 4.78 is 12.6. The van der Waals surface area contributed by atoms with E-state index in [0.717, 1.165) is 36.0 Å². The number of esters is 1. The zero-order valence-electron chi connectivity index (χ0n) is 26.3. The van der Waals surface area contributed by atoms with Gasteiger partial charge in [-0.15, -0.1) is 0 Å². The van der Waals surface area contributed by atoms with Crippen LogP contribution in [-0.2, 0) is 14.0 Å². The molecule has 4 fully saturated rings. The van der Waals surface area contributed by atoms with Crippen LogP contribution in [0.3, 0.4) is 0 Å². The Morgan fingerprint density at radius 3 is 2.24 bits per heavy atom. The molecule has 0 aromatic rings. The summed E-state index contributed by atoms with van der Waals surface area (Å²) in [5.74, 6) is 5.19. The second kappa shape index (κ2) is 9.93. The Morgan fingerprint density at radius 2 is 1.62 bits per heavy atom. The van der Waals surface area contributed by atoms with Gasteiger partial charge in [0.2, 0.25) is 0 Å². The molecule has 0 heterocycles. The number of hydrogen-bond acceptors (Lipinski definition) is 3. The fourth-order valence-corrected chi connectivity index (χ4v) is 12.1. The van der Waals surface area contributed by atoms with E-state index in [1.807, 2.05) is 0 Å². The van der Waals surface area contributed by atoms with Gasteiger partial charge in [0, 0.05) is 6.42 Å². The van der Waals surface area contributed by atoms with E-state index in [2.05, 4.69) is 68.5 Å². The fraction of sp³-hybridized carbons (Fsp3) is 0.970. The molecule has 0 bridgehead atoms. The first-order valence-corrected chi connectivity index (χ1v) is 18.7. The number of rotatable bonds is 6. The molecule has 0 aromatic carbocycles. The van der Waals surface area contributed by atoms with Gasteiger partial charge in [0.1, 0.15) is 0 Å². The van der Waals surface area contributed by atoms with E-state index in [0.29, 0.717) is 29.1 Å². The highest BCUT2D eigenvalue weighted by atomic mass is 28.4. The van der Waals surface area contributed by atoms with Gasteiger partial charge < -0.3 is 9.16 Å². The summed E-state index contributed by atoms with van der Waals surface area (Å²) in [6.45, 7) is 25.0. The van der Waals surface area contributed by atoms with E-state index in [1.165, 1.54) is 58.5 Å². The van der Waals surface area contributed by atoms with Gasteiger partial charge in [0.25, 0.3) is 0 Å². The SMILES string of the molecule is COC(=O)CCC(C)C1CCC2C3C[C@](C)(O[Si](C)(C)C(C)(C)C)[C@@H]4C[C@H](C)CC[C@]4(C)C3CC[C@]12C. The molecule has 0 spiro atoms. The molecular weight excluding hydrogens is 472 g/mol. The molecule has 0 aromatic heterocycles. The first kappa shape index (κ1) is 29.6. The van der Waals surface area contributed by atoms with Crippen molar-refractivity contribution in [2.75, 3.05) is 7.11 Å². The van der Waals surface area contributed by atoms with Crippen LogP contribution >= 0.6 is 0 Å². The van der Waals surface area contributed by atoms with E-state index < -0.39 is 8.32 Å². The molecule has 4 heteroatoms. The van der Waals surface area contributed by atoms with E-state index in [4.69, 9.17) is 9.16 Å². The molecule has 4 aliphatic rings. The van der Waals surface area contributed by atoms with E-state index in [9.17, 15) is 4.79 Å². The van der Waals surface area contributed by atoms with Crippen molar-refractivity contribution >= 4 is 14.3 Å². The van der Waals surface area contributed by atoms with Crippen molar-refractivity contribution in [2.45, 2.75) is 143 Å². The van der Waals surface area contributed by atoms with E-state index in [1.54, 1.807) is 0 Å². The monoisotopic (exact) mass is 532 g/mol. The minimum absolute atomic E-state index is 0.0135. The normalized spacial score (nSPS) is 44.9. The van der Waals surface area contributed by atoms with Crippen molar-refractivity contribution in [2.24, 2.45) is 52.3 Å². The number of carbonyl (C=O) groups excluding carboxylic acids is 1. The van der Waals surface area contributed by atoms with Gasteiger partial charge in [0.15, 0.2) is 8.32 Å². The number of carbonyl (C=O) groups is 1. The zero-order valence-corrected chi connectivity index (χ0v) is 27.3. The smallest absolute Gasteiger partial charge is 0.305 e. The van der Waals surface area contributed by atoms with Crippen LogP contribution in [0.5, 0.6) is 0 Å². The van der Waals surface area contributed by atoms with Crippen LogP contribution in [-0.4, -0.2) is 27.0 Å². The number of methoxy groups -OCH3 is 1. The Balaban J connectivity index is 1.65. The summed E-state index contributed by atoms with van der Waals surface area (Å²) in [5.41, 5.74) is 0.794. The molecule has 3 nitrogen and oxygen atoms in total. The Bertz CT molecular complexity index is 847. The van der Waals surface area contributed by atoms with Crippen LogP contribution in [0.15, 0.2) is 0 Å². The second-order valence-electron chi connectivity index (χ2n) is 16.5. The molecular formula is C33H60O3Si. The summed E-state index contributed by atoms with van der Waals surface area (Å²) in [6, 6.07) is 0. The van der Waals surface area contributed by atoms with Crippen molar-refractivity contribution < 1.29 is 14.0 Å². The average molecular weight is 533 g/mol. The largest absolute Gasteiger partial charge is 0.469 e. The van der Waals surface area contributed by atoms with Crippen molar-refractivity contribution in [1.29, 1.82) is 0 Å². The summed E-state index contributed by atoms with van der Waals surface area (Å²) in [7, 11) is -0.384. The molecule has 10 atom stereocenters. The summed E-state index contributed by atoms with van der Waals surface area (Å²) in [6.07, 6.45) is 12.4.